The number of carbonyl (C=O) groups excluding carboxylic acids is 3. The molecule has 0 aliphatic carbocycles. The molecule has 1 fully saturated rings. The highest BCUT2D eigenvalue weighted by molar-refractivity contribution is 9.10. The van der Waals surface area contributed by atoms with Gasteiger partial charge < -0.3 is 24.4 Å². The average molecular weight is 629 g/mol. The van der Waals surface area contributed by atoms with E-state index in [1.165, 1.54) is 19.2 Å². The molecule has 0 saturated carbocycles. The Hall–Kier alpha value is -3.90. The third-order valence-corrected chi connectivity index (χ3v) is 8.39. The fraction of sp³-hybridized carbons (Fsp3) is 0.286. The van der Waals surface area contributed by atoms with Crippen LogP contribution in [0.4, 0.5) is 5.13 Å². The molecule has 1 aromatic heterocycles. The van der Waals surface area contributed by atoms with E-state index in [0.717, 1.165) is 21.8 Å². The number of nitrogens with zero attached hydrogens (tertiary/aromatic N) is 2. The molecule has 40 heavy (non-hydrogen) atoms. The number of phenolic OH excluding ortho intramolecular Hbond substituents is 1. The van der Waals surface area contributed by atoms with Crippen molar-refractivity contribution >= 4 is 55.8 Å². The number of Topliss-reactive ketones (excluding diaryl/α,β-unsaturated/α-hetero) is 1. The minimum atomic E-state index is -1.16. The zero-order valence-corrected chi connectivity index (χ0v) is 24.4. The molecule has 2 unspecified atom stereocenters. The predicted octanol–water partition coefficient (Wildman–Crippen LogP) is 5.05. The van der Waals surface area contributed by atoms with Gasteiger partial charge in [-0.25, -0.2) is 9.78 Å². The first-order valence-corrected chi connectivity index (χ1v) is 14.0. The third kappa shape index (κ3) is 4.60. The highest BCUT2D eigenvalue weighted by Gasteiger charge is 2.49. The molecular formula is C28H25BrN2O8S. The van der Waals surface area contributed by atoms with Gasteiger partial charge >= 0.3 is 11.9 Å². The van der Waals surface area contributed by atoms with Gasteiger partial charge in [0.2, 0.25) is 0 Å². The van der Waals surface area contributed by atoms with Crippen LogP contribution >= 0.6 is 27.3 Å². The van der Waals surface area contributed by atoms with Gasteiger partial charge in [0.1, 0.15) is 22.5 Å². The zero-order chi connectivity index (χ0) is 28.9. The Morgan fingerprint density at radius 1 is 1.27 bits per heavy atom. The van der Waals surface area contributed by atoms with Crippen LogP contribution in [0.25, 0.3) is 5.76 Å². The highest BCUT2D eigenvalue weighted by Crippen LogP contribution is 2.47. The number of hydrogen-bond acceptors (Lipinski definition) is 10. The topological polar surface area (TPSA) is 135 Å². The van der Waals surface area contributed by atoms with E-state index in [1.54, 1.807) is 32.0 Å². The summed E-state index contributed by atoms with van der Waals surface area (Å²) in [6.07, 6.45) is 0.604. The molecule has 1 saturated heterocycles. The number of anilines is 1. The Morgan fingerprint density at radius 2 is 2.02 bits per heavy atom. The number of phenols is 1. The van der Waals surface area contributed by atoms with Crippen molar-refractivity contribution in [3.05, 3.63) is 67.6 Å². The fourth-order valence-corrected chi connectivity index (χ4v) is 6.30. The average Bonchev–Trinajstić information content (AvgIpc) is 3.57. The number of aromatic hydroxyl groups is 1. The lowest BCUT2D eigenvalue weighted by atomic mass is 9.94. The number of esters is 1. The van der Waals surface area contributed by atoms with Gasteiger partial charge in [-0.15, -0.1) is 0 Å². The number of thiazole rings is 1. The van der Waals surface area contributed by atoms with Crippen LogP contribution in [0.15, 0.2) is 40.4 Å². The van der Waals surface area contributed by atoms with Crippen LogP contribution in [0.3, 0.4) is 0 Å². The number of carbonyl (C=O) groups is 3. The Morgan fingerprint density at radius 3 is 2.73 bits per heavy atom. The summed E-state index contributed by atoms with van der Waals surface area (Å²) in [4.78, 5) is 45.4. The third-order valence-electron chi connectivity index (χ3n) is 6.65. The lowest BCUT2D eigenvalue weighted by Crippen LogP contribution is -2.29. The lowest BCUT2D eigenvalue weighted by Gasteiger charge is -2.24. The number of amides is 1. The molecule has 2 aromatic carbocycles. The number of rotatable bonds is 6. The highest BCUT2D eigenvalue weighted by atomic mass is 79.9. The van der Waals surface area contributed by atoms with E-state index in [1.807, 2.05) is 6.92 Å². The number of ether oxygens (including phenoxy) is 3. The van der Waals surface area contributed by atoms with Crippen LogP contribution in [0.2, 0.25) is 0 Å². The number of aliphatic hydroxyl groups excluding tert-OH is 1. The molecule has 3 aromatic rings. The Labute approximate surface area is 241 Å². The molecule has 208 valence electrons. The number of fused-ring (bicyclic) bond motifs is 1. The van der Waals surface area contributed by atoms with Crippen LogP contribution in [0, 0.1) is 6.92 Å². The molecular weight excluding hydrogens is 604 g/mol. The van der Waals surface area contributed by atoms with Crippen LogP contribution in [-0.2, 0) is 20.7 Å². The largest absolute Gasteiger partial charge is 0.507 e. The lowest BCUT2D eigenvalue weighted by molar-refractivity contribution is -0.132. The molecule has 2 aliphatic heterocycles. The van der Waals surface area contributed by atoms with E-state index >= 15 is 0 Å². The second kappa shape index (κ2) is 10.6. The number of halogens is 1. The number of hydrogen-bond donors (Lipinski definition) is 2. The Kier molecular flexibility index (Phi) is 7.32. The van der Waals surface area contributed by atoms with Crippen molar-refractivity contribution in [3.63, 3.8) is 0 Å². The van der Waals surface area contributed by atoms with E-state index in [9.17, 15) is 24.6 Å². The number of aliphatic hydroxyl groups is 1. The summed E-state index contributed by atoms with van der Waals surface area (Å²) in [5.41, 5.74) is 1.71. The smallest absolute Gasteiger partial charge is 0.350 e. The van der Waals surface area contributed by atoms with Crippen molar-refractivity contribution in [1.29, 1.82) is 0 Å². The second-order valence-corrected chi connectivity index (χ2v) is 11.1. The van der Waals surface area contributed by atoms with Gasteiger partial charge in [0, 0.05) is 12.0 Å². The summed E-state index contributed by atoms with van der Waals surface area (Å²) in [5.74, 6) is -2.24. The second-order valence-electron chi connectivity index (χ2n) is 9.31. The van der Waals surface area contributed by atoms with Crippen LogP contribution < -0.4 is 14.4 Å². The van der Waals surface area contributed by atoms with Gasteiger partial charge in [0.05, 0.1) is 35.5 Å². The summed E-state index contributed by atoms with van der Waals surface area (Å²) >= 11 is 4.21. The van der Waals surface area contributed by atoms with Gasteiger partial charge in [-0.1, -0.05) is 11.3 Å². The van der Waals surface area contributed by atoms with E-state index in [-0.39, 0.29) is 50.0 Å². The number of aryl methyl sites for hydroxylation is 1. The van der Waals surface area contributed by atoms with Crippen LogP contribution in [0.1, 0.15) is 51.9 Å². The summed E-state index contributed by atoms with van der Waals surface area (Å²) < 4.78 is 16.4. The van der Waals surface area contributed by atoms with E-state index in [2.05, 4.69) is 20.9 Å². The number of ketones is 1. The Bertz CT molecular complexity index is 1600. The first-order chi connectivity index (χ1) is 19.0. The molecule has 12 heteroatoms. The molecule has 2 aliphatic rings. The molecule has 5 rings (SSSR count). The first-order valence-electron chi connectivity index (χ1n) is 12.4. The molecule has 0 bridgehead atoms. The molecule has 3 heterocycles. The van der Waals surface area contributed by atoms with Gasteiger partial charge in [-0.2, -0.15) is 0 Å². The van der Waals surface area contributed by atoms with E-state index in [4.69, 9.17) is 14.2 Å². The minimum Gasteiger partial charge on any atom is -0.507 e. The van der Waals surface area contributed by atoms with E-state index in [0.29, 0.717) is 29.0 Å². The van der Waals surface area contributed by atoms with Crippen molar-refractivity contribution < 1.29 is 38.8 Å². The number of aromatic nitrogens is 1. The van der Waals surface area contributed by atoms with Gasteiger partial charge in [-0.05, 0) is 78.2 Å². The van der Waals surface area contributed by atoms with Crippen molar-refractivity contribution in [2.24, 2.45) is 0 Å². The maximum absolute atomic E-state index is 13.6. The summed E-state index contributed by atoms with van der Waals surface area (Å²) in [6, 6.07) is 6.92. The molecule has 10 nitrogen and oxygen atoms in total. The van der Waals surface area contributed by atoms with E-state index < -0.39 is 23.7 Å². The Balaban J connectivity index is 1.72. The SMILES string of the molecule is CCOC(=O)c1sc(N2C(=O)C(=O)/C(=C(/O)c3ccc4c(c3)CC(C)O4)C2c2cc(Br)c(O)c(OC)c2)nc1C. The standard InChI is InChI=1S/C28H25BrN2O8S/c1-5-38-27(36)25-13(3)30-28(40-25)31-21(16-10-17(29)23(33)19(11-16)37-4)20(24(34)26(31)35)22(32)14-6-7-18-15(9-14)8-12(2)39-18/h6-7,9-12,21,32-33H,5,8H2,1-4H3/b22-20+. The quantitative estimate of drug-likeness (QED) is 0.166. The number of benzene rings is 2. The fourth-order valence-electron chi connectivity index (χ4n) is 4.85. The molecule has 1 amide bonds. The van der Waals surface area contributed by atoms with Crippen LogP contribution in [0.5, 0.6) is 17.2 Å². The monoisotopic (exact) mass is 628 g/mol. The van der Waals surface area contributed by atoms with Crippen LogP contribution in [-0.4, -0.2) is 52.7 Å². The maximum Gasteiger partial charge on any atom is 0.350 e. The van der Waals surface area contributed by atoms with Crippen molar-refractivity contribution in [2.45, 2.75) is 39.3 Å². The maximum atomic E-state index is 13.6. The van der Waals surface area contributed by atoms with Crippen molar-refractivity contribution in [1.82, 2.24) is 4.98 Å². The van der Waals surface area contributed by atoms with Crippen molar-refractivity contribution in [2.75, 3.05) is 18.6 Å². The van der Waals surface area contributed by atoms with Gasteiger partial charge in [-0.3, -0.25) is 14.5 Å². The molecule has 0 radical (unpaired) electrons. The number of methoxy groups -OCH3 is 1. The summed E-state index contributed by atoms with van der Waals surface area (Å²) in [6.45, 7) is 5.37. The molecule has 2 N–H and O–H groups in total. The van der Waals surface area contributed by atoms with Gasteiger partial charge in [0.25, 0.3) is 5.78 Å². The first kappa shape index (κ1) is 27.7. The summed E-state index contributed by atoms with van der Waals surface area (Å²) in [7, 11) is 1.37. The summed E-state index contributed by atoms with van der Waals surface area (Å²) in [5, 5.41) is 22.0. The van der Waals surface area contributed by atoms with Crippen molar-refractivity contribution in [3.8, 4) is 17.2 Å². The zero-order valence-electron chi connectivity index (χ0n) is 22.0. The molecule has 2 atom stereocenters. The normalized spacial score (nSPS) is 19.5. The predicted molar refractivity (Wildman–Crippen MR) is 150 cm³/mol. The minimum absolute atomic E-state index is 0.0264. The molecule has 0 spiro atoms. The van der Waals surface area contributed by atoms with Gasteiger partial charge in [0.15, 0.2) is 16.6 Å².